The molecule has 7 heteroatoms. The molecule has 2 aromatic rings. The smallest absolute Gasteiger partial charge is 0.305 e. The average Bonchev–Trinajstić information content (AvgIpc) is 2.71. The molecule has 2 aromatic carbocycles. The van der Waals surface area contributed by atoms with Crippen LogP contribution in [0.2, 0.25) is 0 Å². The zero-order chi connectivity index (χ0) is 25.7. The first kappa shape index (κ1) is 27.6. The zero-order valence-electron chi connectivity index (χ0n) is 20.8. The lowest BCUT2D eigenvalue weighted by atomic mass is 9.80. The normalized spacial score (nSPS) is 13.5. The molecule has 4 N–H and O–H groups in total. The summed E-state index contributed by atoms with van der Waals surface area (Å²) >= 11 is 0. The number of aliphatic hydroxyl groups is 2. The molecule has 0 heterocycles. The minimum atomic E-state index is -1.20. The molecule has 0 radical (unpaired) electrons. The van der Waals surface area contributed by atoms with Crippen LogP contribution in [0.5, 0.6) is 11.5 Å². The molecule has 0 saturated heterocycles. The van der Waals surface area contributed by atoms with Gasteiger partial charge < -0.3 is 25.2 Å². The van der Waals surface area contributed by atoms with Gasteiger partial charge >= 0.3 is 5.97 Å². The van der Waals surface area contributed by atoms with Gasteiger partial charge in [0, 0.05) is 28.7 Å². The predicted molar refractivity (Wildman–Crippen MR) is 130 cm³/mol. The Morgan fingerprint density at radius 3 is 1.88 bits per heavy atom. The van der Waals surface area contributed by atoms with Crippen molar-refractivity contribution in [3.8, 4) is 22.6 Å². The van der Waals surface area contributed by atoms with E-state index in [0.717, 1.165) is 11.1 Å². The standard InChI is InChI=1S/C27H37FO6/c1-14(2)22-24(16(5)6)27(34-13-20(30)11-19(29)12-21(31)32)25(23(15(3)4)26(22)33)17-7-9-18(28)10-8-17/h7-10,14-16,19-20,29-30,33H,11-13H2,1-6H3,(H,31,32)/t19-,20?/m1/s1. The van der Waals surface area contributed by atoms with E-state index in [2.05, 4.69) is 0 Å². The highest BCUT2D eigenvalue weighted by atomic mass is 19.1. The summed E-state index contributed by atoms with van der Waals surface area (Å²) in [6, 6.07) is 5.97. The van der Waals surface area contributed by atoms with Gasteiger partial charge in [0.2, 0.25) is 0 Å². The van der Waals surface area contributed by atoms with Crippen LogP contribution in [0.15, 0.2) is 24.3 Å². The molecule has 0 bridgehead atoms. The Morgan fingerprint density at radius 1 is 0.882 bits per heavy atom. The summed E-state index contributed by atoms with van der Waals surface area (Å²) in [6.07, 6.45) is -2.92. The third-order valence-corrected chi connectivity index (χ3v) is 5.78. The number of hydrogen-bond acceptors (Lipinski definition) is 5. The fourth-order valence-electron chi connectivity index (χ4n) is 4.39. The molecule has 0 saturated carbocycles. The Balaban J connectivity index is 2.69. The summed E-state index contributed by atoms with van der Waals surface area (Å²) in [5.74, 6) is -0.967. The molecule has 0 fully saturated rings. The quantitative estimate of drug-likeness (QED) is 0.340. The summed E-state index contributed by atoms with van der Waals surface area (Å²) in [5.41, 5.74) is 3.55. The van der Waals surface area contributed by atoms with E-state index in [-0.39, 0.29) is 42.3 Å². The van der Waals surface area contributed by atoms with Crippen molar-refractivity contribution in [2.24, 2.45) is 0 Å². The molecule has 0 amide bonds. The minimum Gasteiger partial charge on any atom is -0.507 e. The van der Waals surface area contributed by atoms with E-state index in [1.165, 1.54) is 12.1 Å². The van der Waals surface area contributed by atoms with Gasteiger partial charge in [0.1, 0.15) is 23.9 Å². The van der Waals surface area contributed by atoms with Gasteiger partial charge in [-0.05, 0) is 35.4 Å². The van der Waals surface area contributed by atoms with E-state index in [0.29, 0.717) is 22.4 Å². The third kappa shape index (κ3) is 6.48. The second kappa shape index (κ2) is 11.7. The van der Waals surface area contributed by atoms with Gasteiger partial charge in [-0.3, -0.25) is 4.79 Å². The molecule has 2 rings (SSSR count). The van der Waals surface area contributed by atoms with Crippen LogP contribution < -0.4 is 4.74 Å². The number of carboxylic acids is 1. The lowest BCUT2D eigenvalue weighted by Gasteiger charge is -2.29. The second-order valence-corrected chi connectivity index (χ2v) is 9.72. The van der Waals surface area contributed by atoms with E-state index < -0.39 is 24.6 Å². The van der Waals surface area contributed by atoms with E-state index in [1.54, 1.807) is 12.1 Å². The number of rotatable bonds is 11. The van der Waals surface area contributed by atoms with Crippen molar-refractivity contribution in [2.75, 3.05) is 6.61 Å². The van der Waals surface area contributed by atoms with Crippen LogP contribution in [0, 0.1) is 5.82 Å². The van der Waals surface area contributed by atoms with Crippen molar-refractivity contribution in [3.05, 3.63) is 46.8 Å². The van der Waals surface area contributed by atoms with Crippen LogP contribution in [0.1, 0.15) is 88.8 Å². The Bertz CT molecular complexity index is 982. The maximum atomic E-state index is 13.7. The van der Waals surface area contributed by atoms with Crippen molar-refractivity contribution in [3.63, 3.8) is 0 Å². The number of carboxylic acid groups (broad SMARTS) is 1. The summed E-state index contributed by atoms with van der Waals surface area (Å²) in [6.45, 7) is 11.7. The molecular weight excluding hydrogens is 439 g/mol. The highest BCUT2D eigenvalue weighted by Gasteiger charge is 2.30. The van der Waals surface area contributed by atoms with Crippen LogP contribution in [-0.2, 0) is 4.79 Å². The van der Waals surface area contributed by atoms with Gasteiger partial charge in [-0.25, -0.2) is 4.39 Å². The number of aliphatic carboxylic acids is 1. The van der Waals surface area contributed by atoms with Gasteiger partial charge in [-0.2, -0.15) is 0 Å². The molecule has 2 atom stereocenters. The molecule has 0 aromatic heterocycles. The Labute approximate surface area is 201 Å². The number of carbonyl (C=O) groups is 1. The summed E-state index contributed by atoms with van der Waals surface area (Å²) in [7, 11) is 0. The molecule has 188 valence electrons. The van der Waals surface area contributed by atoms with Crippen molar-refractivity contribution in [1.29, 1.82) is 0 Å². The average molecular weight is 477 g/mol. The van der Waals surface area contributed by atoms with Crippen molar-refractivity contribution < 1.29 is 34.3 Å². The SMILES string of the molecule is CC(C)c1c(O)c(C(C)C)c(C(C)C)c(OCC(O)C[C@@H](O)CC(=O)O)c1-c1ccc(F)cc1. The van der Waals surface area contributed by atoms with E-state index in [4.69, 9.17) is 9.84 Å². The number of benzene rings is 2. The topological polar surface area (TPSA) is 107 Å². The number of hydrogen-bond donors (Lipinski definition) is 4. The summed E-state index contributed by atoms with van der Waals surface area (Å²) in [5, 5.41) is 40.6. The van der Waals surface area contributed by atoms with E-state index in [9.17, 15) is 24.5 Å². The number of aromatic hydroxyl groups is 1. The van der Waals surface area contributed by atoms with Crippen molar-refractivity contribution >= 4 is 5.97 Å². The number of ether oxygens (including phenoxy) is 1. The van der Waals surface area contributed by atoms with Gasteiger partial charge in [0.25, 0.3) is 0 Å². The van der Waals surface area contributed by atoms with Crippen LogP contribution in [0.25, 0.3) is 11.1 Å². The molecule has 6 nitrogen and oxygen atoms in total. The Kier molecular flexibility index (Phi) is 9.47. The zero-order valence-corrected chi connectivity index (χ0v) is 20.8. The fraction of sp³-hybridized carbons (Fsp3) is 0.519. The predicted octanol–water partition coefficient (Wildman–Crippen LogP) is 5.53. The van der Waals surface area contributed by atoms with E-state index in [1.807, 2.05) is 41.5 Å². The maximum Gasteiger partial charge on any atom is 0.305 e. The van der Waals surface area contributed by atoms with Crippen molar-refractivity contribution in [2.45, 2.75) is 84.3 Å². The van der Waals surface area contributed by atoms with Crippen LogP contribution in [0.3, 0.4) is 0 Å². The summed E-state index contributed by atoms with van der Waals surface area (Å²) < 4.78 is 19.9. The molecule has 1 unspecified atom stereocenters. The monoisotopic (exact) mass is 476 g/mol. The van der Waals surface area contributed by atoms with Gasteiger partial charge in [-0.15, -0.1) is 0 Å². The van der Waals surface area contributed by atoms with E-state index >= 15 is 0 Å². The number of halogens is 1. The van der Waals surface area contributed by atoms with Crippen LogP contribution in [-0.4, -0.2) is 45.2 Å². The van der Waals surface area contributed by atoms with Crippen LogP contribution >= 0.6 is 0 Å². The molecule has 0 aliphatic rings. The number of aliphatic hydroxyl groups excluding tert-OH is 2. The highest BCUT2D eigenvalue weighted by molar-refractivity contribution is 5.81. The van der Waals surface area contributed by atoms with Gasteiger partial charge in [-0.1, -0.05) is 53.7 Å². The summed E-state index contributed by atoms with van der Waals surface area (Å²) in [4.78, 5) is 10.8. The highest BCUT2D eigenvalue weighted by Crippen LogP contribution is 2.51. The molecule has 0 aliphatic heterocycles. The first-order valence-electron chi connectivity index (χ1n) is 11.7. The van der Waals surface area contributed by atoms with Crippen molar-refractivity contribution in [1.82, 2.24) is 0 Å². The number of phenols is 1. The largest absolute Gasteiger partial charge is 0.507 e. The number of phenolic OH excluding ortho intramolecular Hbond substituents is 1. The lowest BCUT2D eigenvalue weighted by Crippen LogP contribution is -2.26. The fourth-order valence-corrected chi connectivity index (χ4v) is 4.39. The second-order valence-electron chi connectivity index (χ2n) is 9.72. The minimum absolute atomic E-state index is 0.0122. The third-order valence-electron chi connectivity index (χ3n) is 5.78. The Hall–Kier alpha value is -2.64. The molecule has 0 aliphatic carbocycles. The van der Waals surface area contributed by atoms with Gasteiger partial charge in [0.05, 0.1) is 18.6 Å². The molecular formula is C27H37FO6. The first-order chi connectivity index (χ1) is 15.8. The van der Waals surface area contributed by atoms with Crippen LogP contribution in [0.4, 0.5) is 4.39 Å². The molecule has 0 spiro atoms. The Morgan fingerprint density at radius 2 is 1.41 bits per heavy atom. The molecule has 34 heavy (non-hydrogen) atoms. The lowest BCUT2D eigenvalue weighted by molar-refractivity contribution is -0.139. The first-order valence-corrected chi connectivity index (χ1v) is 11.7. The van der Waals surface area contributed by atoms with Gasteiger partial charge in [0.15, 0.2) is 0 Å². The maximum absolute atomic E-state index is 13.7.